The number of nitrogens with one attached hydrogen (secondary N) is 3. The zero-order valence-electron chi connectivity index (χ0n) is 23.0. The van der Waals surface area contributed by atoms with Crippen molar-refractivity contribution < 1.29 is 9.53 Å². The maximum Gasteiger partial charge on any atom is 0.238 e. The first-order valence-corrected chi connectivity index (χ1v) is 13.3. The molecule has 1 fully saturated rings. The van der Waals surface area contributed by atoms with Crippen LogP contribution in [0.2, 0.25) is 0 Å². The van der Waals surface area contributed by atoms with E-state index in [0.717, 1.165) is 46.4 Å². The second-order valence-corrected chi connectivity index (χ2v) is 10.1. The molecule has 41 heavy (non-hydrogen) atoms. The molecule has 0 bridgehead atoms. The Balaban J connectivity index is 1.14. The third-order valence-electron chi connectivity index (χ3n) is 7.10. The Morgan fingerprint density at radius 3 is 2.90 bits per heavy atom. The predicted octanol–water partition coefficient (Wildman–Crippen LogP) is 3.18. The number of ether oxygens (including phenoxy) is 1. The van der Waals surface area contributed by atoms with Crippen LogP contribution in [0.15, 0.2) is 48.9 Å². The van der Waals surface area contributed by atoms with Crippen LogP contribution >= 0.6 is 0 Å². The molecule has 13 nitrogen and oxygen atoms in total. The fourth-order valence-corrected chi connectivity index (χ4v) is 4.99. The zero-order valence-corrected chi connectivity index (χ0v) is 23.0. The molecule has 0 radical (unpaired) electrons. The number of hydrogen-bond donors (Lipinski definition) is 4. The number of nitrogens with two attached hydrogens (primary N) is 1. The van der Waals surface area contributed by atoms with E-state index in [0.29, 0.717) is 29.9 Å². The number of hydrogen-bond acceptors (Lipinski definition) is 10. The summed E-state index contributed by atoms with van der Waals surface area (Å²) in [5.41, 5.74) is 10.8. The number of para-hydroxylation sites is 1. The molecule has 1 amide bonds. The molecule has 0 saturated carbocycles. The van der Waals surface area contributed by atoms with Gasteiger partial charge in [0.05, 0.1) is 23.4 Å². The highest BCUT2D eigenvalue weighted by Crippen LogP contribution is 2.33. The lowest BCUT2D eigenvalue weighted by atomic mass is 10.1. The number of H-pyrrole nitrogens is 1. The van der Waals surface area contributed by atoms with Crippen molar-refractivity contribution in [3.63, 3.8) is 0 Å². The Hall–Kier alpha value is -5.04. The quantitative estimate of drug-likeness (QED) is 0.224. The largest absolute Gasteiger partial charge is 0.473 e. The number of rotatable bonds is 8. The number of benzene rings is 1. The number of aromatic amines is 1. The number of aryl methyl sites for hydroxylation is 3. The predicted molar refractivity (Wildman–Crippen MR) is 156 cm³/mol. The summed E-state index contributed by atoms with van der Waals surface area (Å²) in [5.74, 6) is 1.65. The summed E-state index contributed by atoms with van der Waals surface area (Å²) in [6.07, 6.45) is 5.99. The molecule has 5 heterocycles. The summed E-state index contributed by atoms with van der Waals surface area (Å²) in [4.78, 5) is 35.6. The van der Waals surface area contributed by atoms with Gasteiger partial charge in [0, 0.05) is 67.5 Å². The first-order valence-electron chi connectivity index (χ1n) is 13.3. The monoisotopic (exact) mass is 553 g/mol. The van der Waals surface area contributed by atoms with Crippen molar-refractivity contribution in [1.82, 2.24) is 39.6 Å². The van der Waals surface area contributed by atoms with E-state index in [1.807, 2.05) is 51.4 Å². The highest BCUT2D eigenvalue weighted by Gasteiger charge is 2.26. The van der Waals surface area contributed by atoms with Crippen LogP contribution in [0, 0.1) is 13.8 Å². The summed E-state index contributed by atoms with van der Waals surface area (Å²) in [6, 6.07) is 9.44. The highest BCUT2D eigenvalue weighted by atomic mass is 16.5. The molecule has 0 unspecified atom stereocenters. The Morgan fingerprint density at radius 1 is 1.22 bits per heavy atom. The van der Waals surface area contributed by atoms with Gasteiger partial charge in [-0.1, -0.05) is 12.1 Å². The lowest BCUT2D eigenvalue weighted by Gasteiger charge is -2.16. The lowest BCUT2D eigenvalue weighted by Crippen LogP contribution is -2.33. The van der Waals surface area contributed by atoms with Crippen LogP contribution in [-0.2, 0) is 11.8 Å². The molecule has 6 rings (SSSR count). The fourth-order valence-electron chi connectivity index (χ4n) is 4.99. The Morgan fingerprint density at radius 2 is 2.10 bits per heavy atom. The first-order chi connectivity index (χ1) is 19.8. The molecule has 5 N–H and O–H groups in total. The summed E-state index contributed by atoms with van der Waals surface area (Å²) in [7, 11) is 1.89. The summed E-state index contributed by atoms with van der Waals surface area (Å²) >= 11 is 0. The van der Waals surface area contributed by atoms with Gasteiger partial charge >= 0.3 is 0 Å². The molecular weight excluding hydrogens is 522 g/mol. The lowest BCUT2D eigenvalue weighted by molar-refractivity contribution is -0.117. The molecule has 1 saturated heterocycles. The third kappa shape index (κ3) is 5.65. The van der Waals surface area contributed by atoms with Crippen LogP contribution in [0.5, 0.6) is 5.88 Å². The normalized spacial score (nSPS) is 15.3. The van der Waals surface area contributed by atoms with Crippen LogP contribution in [0.1, 0.15) is 17.7 Å². The Kier molecular flexibility index (Phi) is 6.93. The van der Waals surface area contributed by atoms with Crippen LogP contribution in [0.25, 0.3) is 22.2 Å². The first kappa shape index (κ1) is 26.2. The van der Waals surface area contributed by atoms with Gasteiger partial charge in [0.2, 0.25) is 23.7 Å². The minimum absolute atomic E-state index is 0.0660. The van der Waals surface area contributed by atoms with Gasteiger partial charge in [-0.3, -0.25) is 14.4 Å². The van der Waals surface area contributed by atoms with Gasteiger partial charge in [-0.25, -0.2) is 15.0 Å². The van der Waals surface area contributed by atoms with E-state index >= 15 is 0 Å². The van der Waals surface area contributed by atoms with Gasteiger partial charge in [-0.05, 0) is 31.9 Å². The molecule has 1 atom stereocenters. The second kappa shape index (κ2) is 10.8. The van der Waals surface area contributed by atoms with Crippen LogP contribution < -0.4 is 21.1 Å². The summed E-state index contributed by atoms with van der Waals surface area (Å²) in [5, 5.41) is 11.6. The summed E-state index contributed by atoms with van der Waals surface area (Å²) in [6.45, 7) is 5.58. The van der Waals surface area contributed by atoms with Crippen molar-refractivity contribution in [1.29, 1.82) is 0 Å². The number of nitrogens with zero attached hydrogens (tertiary/aromatic N) is 7. The molecule has 1 aromatic carbocycles. The molecule has 5 aromatic rings. The van der Waals surface area contributed by atoms with Crippen molar-refractivity contribution >= 4 is 40.2 Å². The third-order valence-corrected chi connectivity index (χ3v) is 7.10. The van der Waals surface area contributed by atoms with Gasteiger partial charge in [0.15, 0.2) is 5.82 Å². The molecular formula is C28H31N11O2. The molecule has 13 heteroatoms. The van der Waals surface area contributed by atoms with Crippen molar-refractivity contribution in [2.24, 2.45) is 7.05 Å². The Bertz CT molecular complexity index is 1710. The molecule has 1 aliphatic rings. The maximum absolute atomic E-state index is 13.0. The van der Waals surface area contributed by atoms with Crippen LogP contribution in [0.3, 0.4) is 0 Å². The number of carbonyl (C=O) groups is 1. The van der Waals surface area contributed by atoms with E-state index in [9.17, 15) is 4.79 Å². The number of fused-ring (bicyclic) bond motifs is 1. The number of likely N-dealkylation sites (tertiary alicyclic amines) is 1. The minimum atomic E-state index is -0.101. The van der Waals surface area contributed by atoms with Gasteiger partial charge in [0.25, 0.3) is 0 Å². The molecule has 1 aliphatic heterocycles. The average Bonchev–Trinajstić information content (AvgIpc) is 3.64. The number of amides is 1. The van der Waals surface area contributed by atoms with Crippen molar-refractivity contribution in [2.75, 3.05) is 36.0 Å². The highest BCUT2D eigenvalue weighted by molar-refractivity contribution is 6.06. The zero-order chi connectivity index (χ0) is 28.5. The summed E-state index contributed by atoms with van der Waals surface area (Å²) < 4.78 is 7.71. The molecule has 0 spiro atoms. The van der Waals surface area contributed by atoms with E-state index in [1.165, 1.54) is 0 Å². The fraction of sp³-hybridized carbons (Fsp3) is 0.286. The van der Waals surface area contributed by atoms with Gasteiger partial charge in [-0.2, -0.15) is 10.1 Å². The number of aromatic nitrogens is 7. The van der Waals surface area contributed by atoms with E-state index < -0.39 is 0 Å². The van der Waals surface area contributed by atoms with Crippen LogP contribution in [0.4, 0.5) is 23.4 Å². The number of carbonyl (C=O) groups excluding carboxylic acids is 1. The Labute approximate surface area is 236 Å². The number of nitrogen functional groups attached to an aromatic ring is 1. The van der Waals surface area contributed by atoms with E-state index in [-0.39, 0.29) is 24.5 Å². The average molecular weight is 554 g/mol. The van der Waals surface area contributed by atoms with E-state index in [1.54, 1.807) is 23.1 Å². The van der Waals surface area contributed by atoms with Gasteiger partial charge in [0.1, 0.15) is 6.10 Å². The van der Waals surface area contributed by atoms with Gasteiger partial charge < -0.3 is 26.1 Å². The van der Waals surface area contributed by atoms with E-state index in [4.69, 9.17) is 15.5 Å². The molecule has 210 valence electrons. The van der Waals surface area contributed by atoms with Crippen LogP contribution in [-0.4, -0.2) is 71.2 Å². The molecule has 4 aromatic heterocycles. The van der Waals surface area contributed by atoms with Crippen molar-refractivity contribution in [2.45, 2.75) is 26.4 Å². The smallest absolute Gasteiger partial charge is 0.238 e. The van der Waals surface area contributed by atoms with Crippen molar-refractivity contribution in [3.8, 4) is 17.1 Å². The SMILES string of the molecule is Cc1cnc(Nc2cc(C)n(C)n2)nc1-c1c[nH]c2c(NC(=O)CN3CC[C@H](Oc4ccnc(N)n4)C3)cccc12. The maximum atomic E-state index is 13.0. The topological polar surface area (TPSA) is 165 Å². The minimum Gasteiger partial charge on any atom is -0.473 e. The van der Waals surface area contributed by atoms with Crippen molar-refractivity contribution in [3.05, 3.63) is 60.2 Å². The standard InChI is InChI=1S/C28H31N11O2/c1-16-12-32-28(34-22-11-17(2)38(3)37-22)36-25(16)20-13-31-26-19(20)5-4-6-21(26)33-23(40)15-39-10-8-18(14-39)41-24-7-9-30-27(29)35-24/h4-7,9,11-13,18,31H,8,10,14-15H2,1-3H3,(H,33,40)(H2,29,30,35)(H,32,34,36,37)/t18-/m0/s1. The second-order valence-electron chi connectivity index (χ2n) is 10.1. The van der Waals surface area contributed by atoms with Gasteiger partial charge in [-0.15, -0.1) is 0 Å². The van der Waals surface area contributed by atoms with E-state index in [2.05, 4.69) is 40.6 Å². The molecule has 0 aliphatic carbocycles. The number of anilines is 4.